The number of hydrogen-bond acceptors (Lipinski definition) is 2. The topological polar surface area (TPSA) is 30.0 Å². The maximum absolute atomic E-state index is 12.3. The summed E-state index contributed by atoms with van der Waals surface area (Å²) in [6.45, 7) is 4.10. The van der Waals surface area contributed by atoms with Crippen LogP contribution in [0.25, 0.3) is 0 Å². The molecule has 0 radical (unpaired) electrons. The number of Topliss-reactive ketones (excluding diaryl/α,β-unsaturated/α-hetero) is 1. The molecule has 2 atom stereocenters. The molecule has 0 N–H and O–H groups in total. The van der Waals surface area contributed by atoms with Crippen LogP contribution in [0.15, 0.2) is 18.3 Å². The Morgan fingerprint density at radius 2 is 2.44 bits per heavy atom. The van der Waals surface area contributed by atoms with Gasteiger partial charge in [-0.25, -0.2) is 0 Å². The minimum absolute atomic E-state index is 0.0555. The molecule has 1 aliphatic carbocycles. The lowest BCUT2D eigenvalue weighted by Crippen LogP contribution is -2.24. The highest BCUT2D eigenvalue weighted by Crippen LogP contribution is 2.32. The SMILES string of the molecule is CCC(C)C(=O)C1CCCc2cccnc21. The zero-order valence-corrected chi connectivity index (χ0v) is 10.1. The maximum Gasteiger partial charge on any atom is 0.144 e. The molecular weight excluding hydrogens is 198 g/mol. The van der Waals surface area contributed by atoms with Crippen molar-refractivity contribution in [1.29, 1.82) is 0 Å². The van der Waals surface area contributed by atoms with Gasteiger partial charge in [0, 0.05) is 12.1 Å². The molecule has 0 aromatic carbocycles. The Kier molecular flexibility index (Phi) is 3.37. The summed E-state index contributed by atoms with van der Waals surface area (Å²) in [4.78, 5) is 16.7. The number of aromatic nitrogens is 1. The molecule has 0 bridgehead atoms. The van der Waals surface area contributed by atoms with Gasteiger partial charge in [0.2, 0.25) is 0 Å². The van der Waals surface area contributed by atoms with Crippen LogP contribution in [-0.2, 0) is 11.2 Å². The Morgan fingerprint density at radius 1 is 1.62 bits per heavy atom. The number of pyridine rings is 1. The van der Waals surface area contributed by atoms with Crippen LogP contribution in [0.1, 0.15) is 50.3 Å². The number of carbonyl (C=O) groups is 1. The van der Waals surface area contributed by atoms with E-state index in [-0.39, 0.29) is 11.8 Å². The molecule has 2 unspecified atom stereocenters. The van der Waals surface area contributed by atoms with Crippen LogP contribution in [0.5, 0.6) is 0 Å². The van der Waals surface area contributed by atoms with Crippen molar-refractivity contribution in [2.75, 3.05) is 0 Å². The van der Waals surface area contributed by atoms with Gasteiger partial charge >= 0.3 is 0 Å². The molecule has 1 aromatic heterocycles. The van der Waals surface area contributed by atoms with Crippen LogP contribution in [-0.4, -0.2) is 10.8 Å². The third-order valence-corrected chi connectivity index (χ3v) is 3.64. The zero-order chi connectivity index (χ0) is 11.5. The van der Waals surface area contributed by atoms with Gasteiger partial charge in [-0.15, -0.1) is 0 Å². The lowest BCUT2D eigenvalue weighted by Gasteiger charge is -2.25. The van der Waals surface area contributed by atoms with Crippen LogP contribution in [0.2, 0.25) is 0 Å². The second kappa shape index (κ2) is 4.77. The highest BCUT2D eigenvalue weighted by Gasteiger charge is 2.29. The number of ketones is 1. The summed E-state index contributed by atoms with van der Waals surface area (Å²) in [5.74, 6) is 0.597. The van der Waals surface area contributed by atoms with Gasteiger partial charge in [-0.3, -0.25) is 9.78 Å². The van der Waals surface area contributed by atoms with Crippen molar-refractivity contribution in [2.45, 2.75) is 45.4 Å². The van der Waals surface area contributed by atoms with Crippen molar-refractivity contribution < 1.29 is 4.79 Å². The molecular formula is C14H19NO. The molecule has 2 rings (SSSR count). The summed E-state index contributed by atoms with van der Waals surface area (Å²) in [5.41, 5.74) is 2.31. The van der Waals surface area contributed by atoms with Crippen molar-refractivity contribution in [2.24, 2.45) is 5.92 Å². The van der Waals surface area contributed by atoms with E-state index in [1.165, 1.54) is 5.56 Å². The second-order valence-electron chi connectivity index (χ2n) is 4.70. The molecule has 1 aromatic rings. The van der Waals surface area contributed by atoms with E-state index in [9.17, 15) is 4.79 Å². The normalized spacial score (nSPS) is 21.2. The first-order chi connectivity index (χ1) is 7.74. The van der Waals surface area contributed by atoms with E-state index in [0.717, 1.165) is 31.4 Å². The predicted molar refractivity (Wildman–Crippen MR) is 64.4 cm³/mol. The largest absolute Gasteiger partial charge is 0.299 e. The van der Waals surface area contributed by atoms with Crippen LogP contribution >= 0.6 is 0 Å². The van der Waals surface area contributed by atoms with Crippen molar-refractivity contribution in [3.05, 3.63) is 29.6 Å². The lowest BCUT2D eigenvalue weighted by atomic mass is 9.80. The monoisotopic (exact) mass is 217 g/mol. The standard InChI is InChI=1S/C14H19NO/c1-3-10(2)14(16)12-8-4-6-11-7-5-9-15-13(11)12/h5,7,9-10,12H,3-4,6,8H2,1-2H3. The minimum Gasteiger partial charge on any atom is -0.299 e. The maximum atomic E-state index is 12.3. The van der Waals surface area contributed by atoms with Gasteiger partial charge in [0.05, 0.1) is 11.6 Å². The molecule has 86 valence electrons. The summed E-state index contributed by atoms with van der Waals surface area (Å²) >= 11 is 0. The first-order valence-electron chi connectivity index (χ1n) is 6.21. The number of nitrogens with zero attached hydrogens (tertiary/aromatic N) is 1. The fourth-order valence-corrected chi connectivity index (χ4v) is 2.43. The van der Waals surface area contributed by atoms with Gasteiger partial charge in [0.1, 0.15) is 5.78 Å². The summed E-state index contributed by atoms with van der Waals surface area (Å²) < 4.78 is 0. The number of aryl methyl sites for hydroxylation is 1. The molecule has 0 fully saturated rings. The highest BCUT2D eigenvalue weighted by molar-refractivity contribution is 5.87. The van der Waals surface area contributed by atoms with Crippen molar-refractivity contribution in [3.63, 3.8) is 0 Å². The Balaban J connectivity index is 2.28. The highest BCUT2D eigenvalue weighted by atomic mass is 16.1. The molecule has 1 aliphatic rings. The molecule has 0 saturated heterocycles. The molecule has 0 aliphatic heterocycles. The lowest BCUT2D eigenvalue weighted by molar-refractivity contribution is -0.124. The third-order valence-electron chi connectivity index (χ3n) is 3.64. The smallest absolute Gasteiger partial charge is 0.144 e. The molecule has 16 heavy (non-hydrogen) atoms. The molecule has 2 nitrogen and oxygen atoms in total. The van der Waals surface area contributed by atoms with E-state index >= 15 is 0 Å². The van der Waals surface area contributed by atoms with Crippen molar-refractivity contribution in [3.8, 4) is 0 Å². The average molecular weight is 217 g/mol. The van der Waals surface area contributed by atoms with Gasteiger partial charge in [0.15, 0.2) is 0 Å². The third kappa shape index (κ3) is 2.01. The van der Waals surface area contributed by atoms with Crippen molar-refractivity contribution >= 4 is 5.78 Å². The number of fused-ring (bicyclic) bond motifs is 1. The summed E-state index contributed by atoms with van der Waals surface area (Å²) in [5, 5.41) is 0. The molecule has 0 amide bonds. The molecule has 2 heteroatoms. The van der Waals surface area contributed by atoms with Gasteiger partial charge in [-0.2, -0.15) is 0 Å². The van der Waals surface area contributed by atoms with Gasteiger partial charge in [0.25, 0.3) is 0 Å². The van der Waals surface area contributed by atoms with E-state index < -0.39 is 0 Å². The summed E-state index contributed by atoms with van der Waals surface area (Å²) in [7, 11) is 0. The Hall–Kier alpha value is -1.18. The zero-order valence-electron chi connectivity index (χ0n) is 10.1. The van der Waals surface area contributed by atoms with Crippen LogP contribution in [0.4, 0.5) is 0 Å². The van der Waals surface area contributed by atoms with Crippen LogP contribution in [0.3, 0.4) is 0 Å². The quantitative estimate of drug-likeness (QED) is 0.778. The van der Waals surface area contributed by atoms with Gasteiger partial charge < -0.3 is 0 Å². The fraction of sp³-hybridized carbons (Fsp3) is 0.571. The van der Waals surface area contributed by atoms with Crippen molar-refractivity contribution in [1.82, 2.24) is 4.98 Å². The van der Waals surface area contributed by atoms with Gasteiger partial charge in [-0.05, 0) is 37.3 Å². The molecule has 0 spiro atoms. The number of rotatable bonds is 3. The minimum atomic E-state index is 0.0555. The van der Waals surface area contributed by atoms with Crippen LogP contribution < -0.4 is 0 Å². The first-order valence-corrected chi connectivity index (χ1v) is 6.21. The first kappa shape index (κ1) is 11.3. The van der Waals surface area contributed by atoms with E-state index in [1.807, 2.05) is 13.0 Å². The predicted octanol–water partition coefficient (Wildman–Crippen LogP) is 3.12. The Labute approximate surface area is 97.1 Å². The van der Waals surface area contributed by atoms with E-state index in [0.29, 0.717) is 5.78 Å². The Bertz CT molecular complexity index is 386. The molecule has 1 heterocycles. The Morgan fingerprint density at radius 3 is 3.19 bits per heavy atom. The summed E-state index contributed by atoms with van der Waals surface area (Å²) in [6, 6.07) is 4.08. The fourth-order valence-electron chi connectivity index (χ4n) is 2.43. The second-order valence-corrected chi connectivity index (χ2v) is 4.70. The van der Waals surface area contributed by atoms with E-state index in [4.69, 9.17) is 0 Å². The summed E-state index contributed by atoms with van der Waals surface area (Å²) in [6.07, 6.45) is 5.91. The number of carbonyl (C=O) groups excluding carboxylic acids is 1. The average Bonchev–Trinajstić information content (AvgIpc) is 2.36. The number of hydrogen-bond donors (Lipinski definition) is 0. The van der Waals surface area contributed by atoms with E-state index in [1.54, 1.807) is 6.20 Å². The van der Waals surface area contributed by atoms with E-state index in [2.05, 4.69) is 18.0 Å². The van der Waals surface area contributed by atoms with Gasteiger partial charge in [-0.1, -0.05) is 19.9 Å². The molecule has 0 saturated carbocycles. The van der Waals surface area contributed by atoms with Crippen LogP contribution in [0, 0.1) is 5.92 Å².